The number of rotatable bonds is 4. The first-order valence-corrected chi connectivity index (χ1v) is 8.62. The van der Waals surface area contributed by atoms with Gasteiger partial charge in [0, 0.05) is 30.5 Å². The highest BCUT2D eigenvalue weighted by Crippen LogP contribution is 2.39. The molecule has 118 valence electrons. The lowest BCUT2D eigenvalue weighted by Crippen LogP contribution is -2.17. The van der Waals surface area contributed by atoms with Crippen molar-refractivity contribution in [2.75, 3.05) is 0 Å². The summed E-state index contributed by atoms with van der Waals surface area (Å²) >= 11 is 1.57. The largest absolute Gasteiger partial charge is 0.309 e. The predicted molar refractivity (Wildman–Crippen MR) is 88.7 cm³/mol. The lowest BCUT2D eigenvalue weighted by Gasteiger charge is -2.06. The van der Waals surface area contributed by atoms with Gasteiger partial charge in [-0.15, -0.1) is 10.2 Å². The van der Waals surface area contributed by atoms with E-state index in [-0.39, 0.29) is 5.56 Å². The molecule has 1 aliphatic carbocycles. The number of hydrogen-bond donors (Lipinski definition) is 0. The highest BCUT2D eigenvalue weighted by atomic mass is 32.2. The van der Waals surface area contributed by atoms with Crippen molar-refractivity contribution in [1.82, 2.24) is 24.1 Å². The highest BCUT2D eigenvalue weighted by Gasteiger charge is 2.29. The molecule has 6 nitrogen and oxygen atoms in total. The number of pyridine rings is 1. The molecule has 0 N–H and O–H groups in total. The first-order valence-electron chi connectivity index (χ1n) is 7.64. The Morgan fingerprint density at radius 1 is 1.30 bits per heavy atom. The minimum absolute atomic E-state index is 0.0414. The van der Waals surface area contributed by atoms with Crippen LogP contribution in [0.4, 0.5) is 0 Å². The molecule has 0 saturated heterocycles. The number of fused-ring (bicyclic) bond motifs is 1. The maximum atomic E-state index is 12.3. The Balaban J connectivity index is 1.60. The average molecular weight is 327 g/mol. The topological polar surface area (TPSA) is 65.1 Å². The van der Waals surface area contributed by atoms with Crippen LogP contribution in [-0.2, 0) is 12.8 Å². The van der Waals surface area contributed by atoms with Crippen LogP contribution >= 0.6 is 11.8 Å². The van der Waals surface area contributed by atoms with Crippen LogP contribution in [0, 0.1) is 6.92 Å². The molecule has 23 heavy (non-hydrogen) atoms. The van der Waals surface area contributed by atoms with Gasteiger partial charge in [-0.2, -0.15) is 0 Å². The van der Waals surface area contributed by atoms with Crippen molar-refractivity contribution in [3.63, 3.8) is 0 Å². The third kappa shape index (κ3) is 2.65. The normalized spacial score (nSPS) is 14.5. The fourth-order valence-corrected chi connectivity index (χ4v) is 3.54. The zero-order valence-electron chi connectivity index (χ0n) is 13.1. The van der Waals surface area contributed by atoms with E-state index < -0.39 is 0 Å². The number of hydrogen-bond acceptors (Lipinski definition) is 5. The summed E-state index contributed by atoms with van der Waals surface area (Å²) in [5, 5.41) is 9.40. The lowest BCUT2D eigenvalue weighted by atomic mass is 10.3. The van der Waals surface area contributed by atoms with Gasteiger partial charge < -0.3 is 4.57 Å². The van der Waals surface area contributed by atoms with Crippen LogP contribution in [0.3, 0.4) is 0 Å². The molecule has 0 spiro atoms. The third-order valence-electron chi connectivity index (χ3n) is 4.09. The molecule has 0 aliphatic heterocycles. The molecule has 7 heteroatoms. The van der Waals surface area contributed by atoms with Crippen molar-refractivity contribution in [3.8, 4) is 0 Å². The fraction of sp³-hybridized carbons (Fsp3) is 0.375. The van der Waals surface area contributed by atoms with Crippen molar-refractivity contribution in [2.45, 2.75) is 36.6 Å². The smallest absolute Gasteiger partial charge is 0.258 e. The van der Waals surface area contributed by atoms with Crippen LogP contribution in [0.25, 0.3) is 5.65 Å². The Bertz CT molecular complexity index is 941. The Morgan fingerprint density at radius 3 is 2.91 bits per heavy atom. The van der Waals surface area contributed by atoms with Crippen molar-refractivity contribution < 1.29 is 0 Å². The van der Waals surface area contributed by atoms with Gasteiger partial charge in [-0.1, -0.05) is 17.8 Å². The molecule has 1 fully saturated rings. The maximum Gasteiger partial charge on any atom is 0.258 e. The molecule has 1 aliphatic rings. The molecule has 3 heterocycles. The van der Waals surface area contributed by atoms with E-state index in [2.05, 4.69) is 19.7 Å². The molecule has 1 saturated carbocycles. The summed E-state index contributed by atoms with van der Waals surface area (Å²) in [6.45, 7) is 1.91. The fourth-order valence-electron chi connectivity index (χ4n) is 2.72. The van der Waals surface area contributed by atoms with E-state index in [0.29, 0.717) is 17.3 Å². The SMILES string of the molecule is Cc1cccc2nc(CSc3nnc(C4CC4)n3C)cc(=O)n12. The van der Waals surface area contributed by atoms with Crippen molar-refractivity contribution >= 4 is 17.4 Å². The Labute approximate surface area is 137 Å². The summed E-state index contributed by atoms with van der Waals surface area (Å²) in [4.78, 5) is 16.9. The van der Waals surface area contributed by atoms with Gasteiger partial charge in [-0.05, 0) is 31.9 Å². The summed E-state index contributed by atoms with van der Waals surface area (Å²) in [5.41, 5.74) is 2.30. The minimum Gasteiger partial charge on any atom is -0.309 e. The van der Waals surface area contributed by atoms with Crippen LogP contribution in [-0.4, -0.2) is 24.1 Å². The van der Waals surface area contributed by atoms with Gasteiger partial charge in [0.25, 0.3) is 5.56 Å². The quantitative estimate of drug-likeness (QED) is 0.688. The molecule has 3 aromatic heterocycles. The second-order valence-corrected chi connectivity index (χ2v) is 6.85. The van der Waals surface area contributed by atoms with Crippen LogP contribution in [0.1, 0.15) is 36.0 Å². The van der Waals surface area contributed by atoms with Gasteiger partial charge >= 0.3 is 0 Å². The lowest BCUT2D eigenvalue weighted by molar-refractivity contribution is 0.736. The van der Waals surface area contributed by atoms with Gasteiger partial charge in [0.05, 0.1) is 5.69 Å². The molecule has 0 unspecified atom stereocenters. The summed E-state index contributed by atoms with van der Waals surface area (Å²) in [5.74, 6) is 2.25. The summed E-state index contributed by atoms with van der Waals surface area (Å²) in [7, 11) is 2.00. The second-order valence-electron chi connectivity index (χ2n) is 5.91. The van der Waals surface area contributed by atoms with Crippen LogP contribution in [0.15, 0.2) is 34.2 Å². The first-order chi connectivity index (χ1) is 11.1. The van der Waals surface area contributed by atoms with E-state index in [1.807, 2.05) is 32.2 Å². The molecule has 0 aromatic carbocycles. The molecule has 0 atom stereocenters. The number of aryl methyl sites for hydroxylation is 1. The average Bonchev–Trinajstić information content (AvgIpc) is 3.29. The third-order valence-corrected chi connectivity index (χ3v) is 5.15. The van der Waals surface area contributed by atoms with Gasteiger partial charge in [-0.3, -0.25) is 9.20 Å². The van der Waals surface area contributed by atoms with E-state index >= 15 is 0 Å². The molecule has 0 bridgehead atoms. The molecular formula is C16H17N5OS. The molecule has 0 amide bonds. The van der Waals surface area contributed by atoms with Gasteiger partial charge in [-0.25, -0.2) is 4.98 Å². The van der Waals surface area contributed by atoms with E-state index in [1.165, 1.54) is 12.8 Å². The molecule has 3 aromatic rings. The van der Waals surface area contributed by atoms with Crippen molar-refractivity contribution in [1.29, 1.82) is 0 Å². The summed E-state index contributed by atoms with van der Waals surface area (Å²) in [6.07, 6.45) is 2.41. The van der Waals surface area contributed by atoms with E-state index in [0.717, 1.165) is 22.4 Å². The first kappa shape index (κ1) is 14.4. The van der Waals surface area contributed by atoms with E-state index in [9.17, 15) is 4.79 Å². The number of thioether (sulfide) groups is 1. The van der Waals surface area contributed by atoms with Gasteiger partial charge in [0.15, 0.2) is 5.16 Å². The van der Waals surface area contributed by atoms with Crippen LogP contribution in [0.5, 0.6) is 0 Å². The van der Waals surface area contributed by atoms with E-state index in [1.54, 1.807) is 22.2 Å². The zero-order valence-corrected chi connectivity index (χ0v) is 13.9. The summed E-state index contributed by atoms with van der Waals surface area (Å²) < 4.78 is 3.68. The number of nitrogens with zero attached hydrogens (tertiary/aromatic N) is 5. The Kier molecular flexibility index (Phi) is 3.45. The summed E-state index contributed by atoms with van der Waals surface area (Å²) in [6, 6.07) is 7.28. The van der Waals surface area contributed by atoms with Crippen molar-refractivity contribution in [3.05, 3.63) is 51.8 Å². The van der Waals surface area contributed by atoms with Crippen LogP contribution < -0.4 is 5.56 Å². The van der Waals surface area contributed by atoms with Gasteiger partial charge in [0.2, 0.25) is 0 Å². The minimum atomic E-state index is -0.0414. The van der Waals surface area contributed by atoms with Crippen molar-refractivity contribution in [2.24, 2.45) is 7.05 Å². The molecule has 0 radical (unpaired) electrons. The molecular weight excluding hydrogens is 310 g/mol. The predicted octanol–water partition coefficient (Wildman–Crippen LogP) is 2.30. The maximum absolute atomic E-state index is 12.3. The highest BCUT2D eigenvalue weighted by molar-refractivity contribution is 7.98. The Hall–Kier alpha value is -2.15. The Morgan fingerprint density at radius 2 is 2.13 bits per heavy atom. The van der Waals surface area contributed by atoms with Crippen LogP contribution in [0.2, 0.25) is 0 Å². The second kappa shape index (κ2) is 5.49. The monoisotopic (exact) mass is 327 g/mol. The van der Waals surface area contributed by atoms with E-state index in [4.69, 9.17) is 0 Å². The number of aromatic nitrogens is 5. The van der Waals surface area contributed by atoms with Gasteiger partial charge in [0.1, 0.15) is 11.5 Å². The molecule has 4 rings (SSSR count). The standard InChI is InChI=1S/C16H17N5OS/c1-10-4-3-5-13-17-12(8-14(22)21(10)13)9-23-16-19-18-15(20(16)2)11-6-7-11/h3-5,8,11H,6-7,9H2,1-2H3. The zero-order chi connectivity index (χ0) is 16.0.